The molecule has 3 aromatic carbocycles. The van der Waals surface area contributed by atoms with E-state index in [-0.39, 0.29) is 0 Å². The molecule has 164 valence electrons. The highest BCUT2D eigenvalue weighted by Gasteiger charge is 2.15. The Bertz CT molecular complexity index is 959. The zero-order valence-electron chi connectivity index (χ0n) is 18.7. The van der Waals surface area contributed by atoms with Crippen molar-refractivity contribution < 1.29 is 9.47 Å². The highest BCUT2D eigenvalue weighted by Crippen LogP contribution is 2.37. The Morgan fingerprint density at radius 1 is 0.903 bits per heavy atom. The molecule has 0 aliphatic carbocycles. The van der Waals surface area contributed by atoms with Crippen LogP contribution in [0.1, 0.15) is 55.0 Å². The molecule has 4 heteroatoms. The SMILES string of the molecule is CCCC(NCc1cc(Br)c(OCc2cccc(C)c2)c(OCC)c1)c1ccccc1. The first kappa shape index (κ1) is 23.4. The Labute approximate surface area is 194 Å². The molecule has 0 amide bonds. The second-order valence-electron chi connectivity index (χ2n) is 7.75. The Morgan fingerprint density at radius 3 is 2.42 bits per heavy atom. The van der Waals surface area contributed by atoms with Gasteiger partial charge in [0.15, 0.2) is 11.5 Å². The number of benzene rings is 3. The van der Waals surface area contributed by atoms with E-state index in [1.165, 1.54) is 11.1 Å². The fourth-order valence-electron chi connectivity index (χ4n) is 3.69. The van der Waals surface area contributed by atoms with Gasteiger partial charge < -0.3 is 14.8 Å². The molecule has 3 nitrogen and oxygen atoms in total. The number of ether oxygens (including phenoxy) is 2. The molecule has 0 spiro atoms. The van der Waals surface area contributed by atoms with Crippen molar-refractivity contribution in [1.82, 2.24) is 5.32 Å². The smallest absolute Gasteiger partial charge is 0.175 e. The molecule has 1 N–H and O–H groups in total. The normalized spacial score (nSPS) is 11.9. The van der Waals surface area contributed by atoms with Gasteiger partial charge in [-0.1, -0.05) is 73.5 Å². The van der Waals surface area contributed by atoms with Gasteiger partial charge in [-0.2, -0.15) is 0 Å². The van der Waals surface area contributed by atoms with Crippen LogP contribution in [0.25, 0.3) is 0 Å². The summed E-state index contributed by atoms with van der Waals surface area (Å²) in [6.07, 6.45) is 2.23. The van der Waals surface area contributed by atoms with Gasteiger partial charge in [-0.3, -0.25) is 0 Å². The summed E-state index contributed by atoms with van der Waals surface area (Å²) in [5.74, 6) is 1.52. The highest BCUT2D eigenvalue weighted by atomic mass is 79.9. The van der Waals surface area contributed by atoms with E-state index in [2.05, 4.69) is 102 Å². The average molecular weight is 482 g/mol. The summed E-state index contributed by atoms with van der Waals surface area (Å²) in [5, 5.41) is 3.72. The molecule has 0 saturated heterocycles. The van der Waals surface area contributed by atoms with Gasteiger partial charge >= 0.3 is 0 Å². The van der Waals surface area contributed by atoms with Gasteiger partial charge in [0.05, 0.1) is 11.1 Å². The summed E-state index contributed by atoms with van der Waals surface area (Å²) in [6.45, 7) is 8.17. The molecule has 3 aromatic rings. The molecule has 1 atom stereocenters. The maximum atomic E-state index is 6.16. The molecule has 0 radical (unpaired) electrons. The van der Waals surface area contributed by atoms with E-state index in [1.54, 1.807) is 0 Å². The van der Waals surface area contributed by atoms with Gasteiger partial charge in [0, 0.05) is 12.6 Å². The summed E-state index contributed by atoms with van der Waals surface area (Å²) in [6, 6.07) is 23.6. The zero-order chi connectivity index (χ0) is 22.1. The monoisotopic (exact) mass is 481 g/mol. The van der Waals surface area contributed by atoms with Crippen molar-refractivity contribution in [3.63, 3.8) is 0 Å². The maximum absolute atomic E-state index is 6.16. The fraction of sp³-hybridized carbons (Fsp3) is 0.333. The lowest BCUT2D eigenvalue weighted by molar-refractivity contribution is 0.267. The molecule has 0 aromatic heterocycles. The molecule has 0 fully saturated rings. The molecule has 0 heterocycles. The molecule has 0 aliphatic heterocycles. The molecule has 0 saturated carbocycles. The van der Waals surface area contributed by atoms with Crippen LogP contribution in [0.4, 0.5) is 0 Å². The lowest BCUT2D eigenvalue weighted by atomic mass is 10.0. The number of rotatable bonds is 11. The first-order valence-electron chi connectivity index (χ1n) is 11.0. The summed E-state index contributed by atoms with van der Waals surface area (Å²) in [4.78, 5) is 0. The third kappa shape index (κ3) is 6.84. The number of halogens is 1. The van der Waals surface area contributed by atoms with Gasteiger partial charge in [0.2, 0.25) is 0 Å². The minimum atomic E-state index is 0.331. The van der Waals surface area contributed by atoms with E-state index in [0.29, 0.717) is 19.3 Å². The van der Waals surface area contributed by atoms with Crippen LogP contribution in [0.3, 0.4) is 0 Å². The second-order valence-corrected chi connectivity index (χ2v) is 8.60. The Balaban J connectivity index is 1.74. The molecule has 0 aliphatic rings. The first-order valence-corrected chi connectivity index (χ1v) is 11.8. The van der Waals surface area contributed by atoms with Crippen LogP contribution in [0.15, 0.2) is 71.2 Å². The van der Waals surface area contributed by atoms with E-state index in [0.717, 1.165) is 46.5 Å². The Kier molecular flexibility index (Phi) is 8.98. The molecule has 3 rings (SSSR count). The number of aryl methyl sites for hydroxylation is 1. The quantitative estimate of drug-likeness (QED) is 0.310. The molecular formula is C27H32BrNO2. The maximum Gasteiger partial charge on any atom is 0.175 e. The second kappa shape index (κ2) is 11.9. The van der Waals surface area contributed by atoms with Crippen LogP contribution in [0.2, 0.25) is 0 Å². The average Bonchev–Trinajstić information content (AvgIpc) is 2.77. The molecule has 1 unspecified atom stereocenters. The largest absolute Gasteiger partial charge is 0.490 e. The summed E-state index contributed by atoms with van der Waals surface area (Å²) < 4.78 is 13.0. The number of nitrogens with one attached hydrogen (secondary N) is 1. The summed E-state index contributed by atoms with van der Waals surface area (Å²) in [7, 11) is 0. The third-order valence-corrected chi connectivity index (χ3v) is 5.76. The minimum Gasteiger partial charge on any atom is -0.490 e. The van der Waals surface area contributed by atoms with Crippen LogP contribution in [-0.4, -0.2) is 6.61 Å². The van der Waals surface area contributed by atoms with Crippen LogP contribution in [-0.2, 0) is 13.2 Å². The Hall–Kier alpha value is -2.30. The van der Waals surface area contributed by atoms with Crippen LogP contribution in [0.5, 0.6) is 11.5 Å². The van der Waals surface area contributed by atoms with Gasteiger partial charge in [-0.15, -0.1) is 0 Å². The summed E-state index contributed by atoms with van der Waals surface area (Å²) >= 11 is 3.71. The van der Waals surface area contributed by atoms with Gasteiger partial charge in [0.25, 0.3) is 0 Å². The van der Waals surface area contributed by atoms with Crippen molar-refractivity contribution in [3.8, 4) is 11.5 Å². The van der Waals surface area contributed by atoms with Crippen LogP contribution >= 0.6 is 15.9 Å². The number of hydrogen-bond acceptors (Lipinski definition) is 3. The van der Waals surface area contributed by atoms with Gasteiger partial charge in [-0.05, 0) is 65.0 Å². The zero-order valence-corrected chi connectivity index (χ0v) is 20.2. The Morgan fingerprint density at radius 2 is 1.71 bits per heavy atom. The fourth-order valence-corrected chi connectivity index (χ4v) is 4.29. The van der Waals surface area contributed by atoms with E-state index in [9.17, 15) is 0 Å². The predicted octanol–water partition coefficient (Wildman–Crippen LogP) is 7.37. The van der Waals surface area contributed by atoms with Crippen molar-refractivity contribution in [2.75, 3.05) is 6.61 Å². The molecule has 31 heavy (non-hydrogen) atoms. The van der Waals surface area contributed by atoms with E-state index in [1.807, 2.05) is 6.92 Å². The lowest BCUT2D eigenvalue weighted by Crippen LogP contribution is -2.21. The van der Waals surface area contributed by atoms with Crippen molar-refractivity contribution in [3.05, 3.63) is 93.5 Å². The van der Waals surface area contributed by atoms with Crippen LogP contribution < -0.4 is 14.8 Å². The van der Waals surface area contributed by atoms with Gasteiger partial charge in [0.1, 0.15) is 6.61 Å². The van der Waals surface area contributed by atoms with Crippen LogP contribution in [0, 0.1) is 6.92 Å². The predicted molar refractivity (Wildman–Crippen MR) is 132 cm³/mol. The third-order valence-electron chi connectivity index (χ3n) is 5.17. The lowest BCUT2D eigenvalue weighted by Gasteiger charge is -2.20. The minimum absolute atomic E-state index is 0.331. The van der Waals surface area contributed by atoms with Gasteiger partial charge in [-0.25, -0.2) is 0 Å². The summed E-state index contributed by atoms with van der Waals surface area (Å²) in [5.41, 5.74) is 4.86. The molecule has 0 bridgehead atoms. The molecular weight excluding hydrogens is 450 g/mol. The van der Waals surface area contributed by atoms with E-state index >= 15 is 0 Å². The van der Waals surface area contributed by atoms with Crippen molar-refractivity contribution in [2.45, 2.75) is 52.8 Å². The van der Waals surface area contributed by atoms with E-state index < -0.39 is 0 Å². The van der Waals surface area contributed by atoms with Crippen molar-refractivity contribution in [1.29, 1.82) is 0 Å². The number of hydrogen-bond donors (Lipinski definition) is 1. The standard InChI is InChI=1S/C27H32BrNO2/c1-4-10-25(23-13-7-6-8-14-23)29-18-22-16-24(28)27(26(17-22)30-5-2)31-19-21-12-9-11-20(3)15-21/h6-9,11-17,25,29H,4-5,10,18-19H2,1-3H3. The first-order chi connectivity index (χ1) is 15.1. The van der Waals surface area contributed by atoms with Crippen molar-refractivity contribution in [2.24, 2.45) is 0 Å². The topological polar surface area (TPSA) is 30.5 Å². The highest BCUT2D eigenvalue weighted by molar-refractivity contribution is 9.10. The van der Waals surface area contributed by atoms with Crippen molar-refractivity contribution >= 4 is 15.9 Å². The van der Waals surface area contributed by atoms with E-state index in [4.69, 9.17) is 9.47 Å².